The summed E-state index contributed by atoms with van der Waals surface area (Å²) in [6.07, 6.45) is 0.456. The van der Waals surface area contributed by atoms with Gasteiger partial charge < -0.3 is 0 Å². The topological polar surface area (TPSA) is 76.4 Å². The molecule has 0 spiro atoms. The molecule has 6 nitrogen and oxygen atoms in total. The largest absolute Gasteiger partial charge is 0.240 e. The molecule has 2 aromatic heterocycles. The molecule has 4 rings (SSSR count). The number of thiazole rings is 1. The molecule has 138 valence electrons. The summed E-state index contributed by atoms with van der Waals surface area (Å²) >= 11 is 1.41. The minimum atomic E-state index is -3.54. The molecule has 0 fully saturated rings. The molecule has 0 aliphatic heterocycles. The fourth-order valence-corrected chi connectivity index (χ4v) is 4.55. The zero-order valence-electron chi connectivity index (χ0n) is 14.0. The number of hydrogen-bond acceptors (Lipinski definition) is 5. The number of halogens is 1. The summed E-state index contributed by atoms with van der Waals surface area (Å²) < 4.78 is 42.2. The van der Waals surface area contributed by atoms with Gasteiger partial charge in [0.05, 0.1) is 10.6 Å². The van der Waals surface area contributed by atoms with Gasteiger partial charge in [-0.05, 0) is 24.3 Å². The predicted molar refractivity (Wildman–Crippen MR) is 102 cm³/mol. The fraction of sp³-hybridized carbons (Fsp3) is 0.111. The highest BCUT2D eigenvalue weighted by Crippen LogP contribution is 2.21. The standard InChI is InChI=1S/C18H15FN4O2S2/c19-14-6-4-5-13(11-14)17-21-18-23(22-17)15(12-26-18)9-10-20-27(24,25)16-7-2-1-3-8-16/h1-8,11-12,20H,9-10H2. The Hall–Kier alpha value is -2.62. The van der Waals surface area contributed by atoms with Crippen LogP contribution in [0.4, 0.5) is 4.39 Å². The lowest BCUT2D eigenvalue weighted by molar-refractivity contribution is 0.581. The first kappa shape index (κ1) is 17.8. The number of fused-ring (bicyclic) bond motifs is 1. The maximum Gasteiger partial charge on any atom is 0.240 e. The Balaban J connectivity index is 1.50. The molecule has 0 saturated carbocycles. The highest BCUT2D eigenvalue weighted by Gasteiger charge is 2.15. The number of hydrogen-bond donors (Lipinski definition) is 1. The molecule has 0 bridgehead atoms. The molecule has 2 aromatic carbocycles. The first-order valence-electron chi connectivity index (χ1n) is 8.17. The average Bonchev–Trinajstić information content (AvgIpc) is 3.24. The van der Waals surface area contributed by atoms with Gasteiger partial charge in [-0.1, -0.05) is 30.3 Å². The van der Waals surface area contributed by atoms with Gasteiger partial charge in [-0.3, -0.25) is 0 Å². The summed E-state index contributed by atoms with van der Waals surface area (Å²) in [5.74, 6) is 0.0914. The van der Waals surface area contributed by atoms with Crippen LogP contribution < -0.4 is 4.72 Å². The lowest BCUT2D eigenvalue weighted by Crippen LogP contribution is -2.26. The Morgan fingerprint density at radius 1 is 1.11 bits per heavy atom. The van der Waals surface area contributed by atoms with E-state index in [1.807, 2.05) is 5.38 Å². The Morgan fingerprint density at radius 3 is 2.70 bits per heavy atom. The number of aromatic nitrogens is 3. The van der Waals surface area contributed by atoms with E-state index in [1.165, 1.54) is 23.5 Å². The first-order valence-corrected chi connectivity index (χ1v) is 10.5. The highest BCUT2D eigenvalue weighted by molar-refractivity contribution is 7.89. The SMILES string of the molecule is O=S(=O)(NCCc1csc2nc(-c3cccc(F)c3)nn12)c1ccccc1. The van der Waals surface area contributed by atoms with Crippen LogP contribution >= 0.6 is 11.3 Å². The second kappa shape index (κ2) is 7.18. The normalized spacial score (nSPS) is 11.9. The number of sulfonamides is 1. The molecule has 2 heterocycles. The van der Waals surface area contributed by atoms with Crippen molar-refractivity contribution in [2.24, 2.45) is 0 Å². The lowest BCUT2D eigenvalue weighted by Gasteiger charge is -2.06. The van der Waals surface area contributed by atoms with E-state index in [4.69, 9.17) is 0 Å². The number of rotatable bonds is 6. The van der Waals surface area contributed by atoms with E-state index >= 15 is 0 Å². The Labute approximate surface area is 159 Å². The van der Waals surface area contributed by atoms with Gasteiger partial charge in [0.15, 0.2) is 5.82 Å². The van der Waals surface area contributed by atoms with E-state index in [2.05, 4.69) is 14.8 Å². The van der Waals surface area contributed by atoms with Gasteiger partial charge in [-0.15, -0.1) is 16.4 Å². The second-order valence-electron chi connectivity index (χ2n) is 5.83. The van der Waals surface area contributed by atoms with Gasteiger partial charge in [-0.25, -0.2) is 22.0 Å². The lowest BCUT2D eigenvalue weighted by atomic mass is 10.2. The van der Waals surface area contributed by atoms with E-state index in [-0.39, 0.29) is 17.3 Å². The van der Waals surface area contributed by atoms with Crippen molar-refractivity contribution in [1.82, 2.24) is 19.3 Å². The van der Waals surface area contributed by atoms with Crippen LogP contribution in [0.25, 0.3) is 16.3 Å². The van der Waals surface area contributed by atoms with Crippen LogP contribution in [0, 0.1) is 5.82 Å². The third kappa shape index (κ3) is 3.75. The maximum atomic E-state index is 13.4. The van der Waals surface area contributed by atoms with Crippen LogP contribution in [0.5, 0.6) is 0 Å². The van der Waals surface area contributed by atoms with Crippen molar-refractivity contribution in [3.63, 3.8) is 0 Å². The van der Waals surface area contributed by atoms with Gasteiger partial charge in [0.25, 0.3) is 0 Å². The molecule has 0 unspecified atom stereocenters. The van der Waals surface area contributed by atoms with Crippen LogP contribution in [-0.2, 0) is 16.4 Å². The quantitative estimate of drug-likeness (QED) is 0.538. The Morgan fingerprint density at radius 2 is 1.93 bits per heavy atom. The molecule has 1 N–H and O–H groups in total. The smallest absolute Gasteiger partial charge is 0.211 e. The van der Waals surface area contributed by atoms with Crippen molar-refractivity contribution in [3.8, 4) is 11.4 Å². The molecule has 0 atom stereocenters. The molecular weight excluding hydrogens is 387 g/mol. The average molecular weight is 402 g/mol. The molecule has 0 aliphatic carbocycles. The number of nitrogens with one attached hydrogen (secondary N) is 1. The molecule has 27 heavy (non-hydrogen) atoms. The van der Waals surface area contributed by atoms with Crippen molar-refractivity contribution in [2.45, 2.75) is 11.3 Å². The summed E-state index contributed by atoms with van der Waals surface area (Å²) in [5, 5.41) is 6.32. The summed E-state index contributed by atoms with van der Waals surface area (Å²) in [6, 6.07) is 14.3. The van der Waals surface area contributed by atoms with E-state index in [9.17, 15) is 12.8 Å². The number of nitrogens with zero attached hydrogens (tertiary/aromatic N) is 3. The van der Waals surface area contributed by atoms with Crippen molar-refractivity contribution < 1.29 is 12.8 Å². The van der Waals surface area contributed by atoms with Gasteiger partial charge in [0, 0.05) is 23.9 Å². The molecule has 0 amide bonds. The molecule has 0 aliphatic rings. The van der Waals surface area contributed by atoms with Crippen molar-refractivity contribution >= 4 is 26.3 Å². The Kier molecular flexibility index (Phi) is 4.73. The zero-order valence-corrected chi connectivity index (χ0v) is 15.7. The van der Waals surface area contributed by atoms with E-state index in [0.29, 0.717) is 22.8 Å². The maximum absolute atomic E-state index is 13.4. The van der Waals surface area contributed by atoms with E-state index in [0.717, 1.165) is 5.69 Å². The van der Waals surface area contributed by atoms with Crippen LogP contribution in [0.15, 0.2) is 64.9 Å². The minimum absolute atomic E-state index is 0.231. The van der Waals surface area contributed by atoms with Crippen molar-refractivity contribution in [2.75, 3.05) is 6.54 Å². The third-order valence-corrected chi connectivity index (χ3v) is 6.30. The van der Waals surface area contributed by atoms with E-state index < -0.39 is 10.0 Å². The van der Waals surface area contributed by atoms with Gasteiger partial charge in [0.1, 0.15) is 5.82 Å². The van der Waals surface area contributed by atoms with Gasteiger partial charge >= 0.3 is 0 Å². The highest BCUT2D eigenvalue weighted by atomic mass is 32.2. The first-order chi connectivity index (χ1) is 13.0. The summed E-state index contributed by atoms with van der Waals surface area (Å²) in [6.45, 7) is 0.234. The Bertz CT molecular complexity index is 1190. The van der Waals surface area contributed by atoms with Gasteiger partial charge in [0.2, 0.25) is 15.0 Å². The molecule has 4 aromatic rings. The van der Waals surface area contributed by atoms with Crippen molar-refractivity contribution in [1.29, 1.82) is 0 Å². The van der Waals surface area contributed by atoms with Crippen molar-refractivity contribution in [3.05, 3.63) is 71.5 Å². The number of benzene rings is 2. The molecule has 9 heteroatoms. The van der Waals surface area contributed by atoms with Crippen LogP contribution in [0.3, 0.4) is 0 Å². The van der Waals surface area contributed by atoms with Gasteiger partial charge in [-0.2, -0.15) is 4.98 Å². The monoisotopic (exact) mass is 402 g/mol. The second-order valence-corrected chi connectivity index (χ2v) is 8.43. The third-order valence-electron chi connectivity index (χ3n) is 3.96. The summed E-state index contributed by atoms with van der Waals surface area (Å²) in [4.78, 5) is 5.32. The van der Waals surface area contributed by atoms with E-state index in [1.54, 1.807) is 47.0 Å². The zero-order chi connectivity index (χ0) is 18.9. The summed E-state index contributed by atoms with van der Waals surface area (Å²) in [5.41, 5.74) is 1.43. The molecular formula is C18H15FN4O2S2. The van der Waals surface area contributed by atoms with Crippen LogP contribution in [0.1, 0.15) is 5.69 Å². The molecule has 0 saturated heterocycles. The predicted octanol–water partition coefficient (Wildman–Crippen LogP) is 3.12. The fourth-order valence-electron chi connectivity index (χ4n) is 2.64. The van der Waals surface area contributed by atoms with Crippen LogP contribution in [0.2, 0.25) is 0 Å². The summed E-state index contributed by atoms with van der Waals surface area (Å²) in [7, 11) is -3.54. The molecule has 0 radical (unpaired) electrons. The minimum Gasteiger partial charge on any atom is -0.211 e. The van der Waals surface area contributed by atoms with Crippen LogP contribution in [-0.4, -0.2) is 29.6 Å².